The first-order valence-corrected chi connectivity index (χ1v) is 13.1. The van der Waals surface area contributed by atoms with E-state index in [4.69, 9.17) is 0 Å². The van der Waals surface area contributed by atoms with Crippen molar-refractivity contribution >= 4 is 22.5 Å². The van der Waals surface area contributed by atoms with Gasteiger partial charge >= 0.3 is 0 Å². The molecule has 0 spiro atoms. The number of hydrogen-bond acceptors (Lipinski definition) is 3. The fourth-order valence-corrected chi connectivity index (χ4v) is 4.83. The van der Waals surface area contributed by atoms with Gasteiger partial charge in [0, 0.05) is 30.7 Å². The fourth-order valence-electron chi connectivity index (χ4n) is 3.30. The van der Waals surface area contributed by atoms with Crippen molar-refractivity contribution in [3.8, 4) is 0 Å². The van der Waals surface area contributed by atoms with E-state index in [0.29, 0.717) is 23.0 Å². The molecule has 1 atom stereocenters. The molecule has 172 valence electrons. The van der Waals surface area contributed by atoms with Crippen LogP contribution < -0.4 is 22.3 Å². The van der Waals surface area contributed by atoms with E-state index >= 15 is 0 Å². The Morgan fingerprint density at radius 2 is 1.40 bits per heavy atom. The van der Waals surface area contributed by atoms with Gasteiger partial charge in [-0.05, 0) is 35.9 Å². The highest BCUT2D eigenvalue weighted by Gasteiger charge is 2.12. The summed E-state index contributed by atoms with van der Waals surface area (Å²) in [6, 6.07) is 5.74. The van der Waals surface area contributed by atoms with E-state index in [1.807, 2.05) is 0 Å². The number of carbonyl (C=O) groups excluding carboxylic acids is 1. The van der Waals surface area contributed by atoms with Crippen molar-refractivity contribution in [3.05, 3.63) is 39.9 Å². The molecule has 0 aliphatic rings. The van der Waals surface area contributed by atoms with Gasteiger partial charge in [0.05, 0.1) is 11.2 Å². The Labute approximate surface area is 196 Å². The smallest absolute Gasteiger partial charge is 0.269 e. The Morgan fingerprint density at radius 3 is 1.93 bits per heavy atom. The van der Waals surface area contributed by atoms with Gasteiger partial charge in [0.15, 0.2) is 0 Å². The van der Waals surface area contributed by atoms with Crippen LogP contribution in [-0.4, -0.2) is 35.1 Å². The van der Waals surface area contributed by atoms with E-state index in [2.05, 4.69) is 18.5 Å². The van der Waals surface area contributed by atoms with Crippen LogP contribution in [0.25, 0.3) is 0 Å². The van der Waals surface area contributed by atoms with Gasteiger partial charge in [-0.25, -0.2) is 0 Å². The lowest BCUT2D eigenvalue weighted by atomic mass is 10.1. The molecule has 1 amide bonds. The van der Waals surface area contributed by atoms with Gasteiger partial charge < -0.3 is 22.3 Å². The number of carbonyl (C=O) groups is 1. The molecule has 30 heavy (non-hydrogen) atoms. The van der Waals surface area contributed by atoms with Gasteiger partial charge in [0.1, 0.15) is 11.5 Å². The molecular weight excluding hydrogens is 464 g/mol. The summed E-state index contributed by atoms with van der Waals surface area (Å²) in [4.78, 5) is 22.3. The molecule has 1 rings (SSSR count). The summed E-state index contributed by atoms with van der Waals surface area (Å²) in [5, 5.41) is 13.6. The second kappa shape index (κ2) is 18.7. The summed E-state index contributed by atoms with van der Waals surface area (Å²) in [5.41, 5.74) is 0.472. The molecule has 0 heterocycles. The van der Waals surface area contributed by atoms with Crippen LogP contribution in [0.15, 0.2) is 24.3 Å². The van der Waals surface area contributed by atoms with E-state index in [1.165, 1.54) is 94.2 Å². The van der Waals surface area contributed by atoms with E-state index in [9.17, 15) is 14.9 Å². The molecule has 7 heteroatoms. The highest BCUT2D eigenvalue weighted by atomic mass is 79.9. The Hall–Kier alpha value is -1.08. The summed E-state index contributed by atoms with van der Waals surface area (Å²) in [6.45, 7) is 2.92. The zero-order chi connectivity index (χ0) is 21.3. The third kappa shape index (κ3) is 14.0. The van der Waals surface area contributed by atoms with E-state index in [1.54, 1.807) is 0 Å². The van der Waals surface area contributed by atoms with Crippen molar-refractivity contribution in [1.29, 1.82) is 0 Å². The number of nitro groups is 1. The Bertz CT molecular complexity index is 584. The van der Waals surface area contributed by atoms with Crippen LogP contribution in [-0.2, 0) is 10.9 Å². The lowest BCUT2D eigenvalue weighted by Crippen LogP contribution is -3.00. The maximum absolute atomic E-state index is 12.1. The molecular formula is C23H39BrN2O3S. The topological polar surface area (TPSA) is 72.2 Å². The summed E-state index contributed by atoms with van der Waals surface area (Å²) in [7, 11) is 0.423. The second-order valence-electron chi connectivity index (χ2n) is 7.79. The number of nitro benzene ring substituents is 1. The van der Waals surface area contributed by atoms with Gasteiger partial charge in [-0.2, -0.15) is 0 Å². The fraction of sp³-hybridized carbons (Fsp3) is 0.696. The van der Waals surface area contributed by atoms with Crippen molar-refractivity contribution in [2.75, 3.05) is 24.3 Å². The molecule has 1 N–H and O–H groups in total. The van der Waals surface area contributed by atoms with Gasteiger partial charge in [0.25, 0.3) is 11.6 Å². The van der Waals surface area contributed by atoms with Crippen LogP contribution in [0.4, 0.5) is 5.69 Å². The normalized spacial score (nSPS) is 11.5. The Balaban J connectivity index is 0.00000841. The molecule has 0 aromatic heterocycles. The largest absolute Gasteiger partial charge is 1.00 e. The predicted molar refractivity (Wildman–Crippen MR) is 125 cm³/mol. The van der Waals surface area contributed by atoms with E-state index in [0.717, 1.165) is 12.2 Å². The Morgan fingerprint density at radius 1 is 0.900 bits per heavy atom. The maximum Gasteiger partial charge on any atom is 0.269 e. The predicted octanol–water partition coefficient (Wildman–Crippen LogP) is 2.89. The minimum Gasteiger partial charge on any atom is -1.00 e. The standard InChI is InChI=1S/C23H38N2O3S.BrH/c1-3-4-5-6-7-8-9-10-11-12-19-29(2)20-13-18-24-23(26)21-14-16-22(17-15-21)25(27)28;/h14-17H,3-13,18-20H2,1-2H3;1H. The highest BCUT2D eigenvalue weighted by Crippen LogP contribution is 2.12. The van der Waals surface area contributed by atoms with Crippen LogP contribution in [0.3, 0.4) is 0 Å². The molecule has 1 aromatic rings. The van der Waals surface area contributed by atoms with Gasteiger partial charge in [-0.3, -0.25) is 14.9 Å². The first-order valence-electron chi connectivity index (χ1n) is 11.2. The third-order valence-corrected chi connectivity index (χ3v) is 7.11. The van der Waals surface area contributed by atoms with Crippen molar-refractivity contribution in [2.24, 2.45) is 0 Å². The summed E-state index contributed by atoms with van der Waals surface area (Å²) >= 11 is 0. The number of nitrogens with one attached hydrogen (secondary N) is 1. The monoisotopic (exact) mass is 502 g/mol. The molecule has 1 unspecified atom stereocenters. The molecule has 1 aromatic carbocycles. The molecule has 0 aliphatic carbocycles. The zero-order valence-electron chi connectivity index (χ0n) is 18.7. The molecule has 0 aliphatic heterocycles. The van der Waals surface area contributed by atoms with Gasteiger partial charge in [-0.1, -0.05) is 58.3 Å². The van der Waals surface area contributed by atoms with Crippen LogP contribution in [0.5, 0.6) is 0 Å². The average molecular weight is 504 g/mol. The van der Waals surface area contributed by atoms with Crippen molar-refractivity contribution < 1.29 is 26.7 Å². The first kappa shape index (κ1) is 28.9. The molecule has 0 saturated carbocycles. The van der Waals surface area contributed by atoms with Crippen LogP contribution >= 0.6 is 0 Å². The molecule has 0 fully saturated rings. The van der Waals surface area contributed by atoms with Crippen LogP contribution in [0, 0.1) is 10.1 Å². The number of nitrogens with zero attached hydrogens (tertiary/aromatic N) is 1. The number of benzene rings is 1. The zero-order valence-corrected chi connectivity index (χ0v) is 21.1. The van der Waals surface area contributed by atoms with Crippen molar-refractivity contribution in [2.45, 2.75) is 77.6 Å². The summed E-state index contributed by atoms with van der Waals surface area (Å²) in [6.07, 6.45) is 17.1. The van der Waals surface area contributed by atoms with Gasteiger partial charge in [0.2, 0.25) is 0 Å². The maximum atomic E-state index is 12.1. The molecule has 0 bridgehead atoms. The van der Waals surface area contributed by atoms with E-state index in [-0.39, 0.29) is 28.6 Å². The Kier molecular flexibility index (Phi) is 18.0. The number of non-ortho nitro benzene ring substituents is 1. The number of amides is 1. The van der Waals surface area contributed by atoms with Crippen molar-refractivity contribution in [3.63, 3.8) is 0 Å². The van der Waals surface area contributed by atoms with Crippen LogP contribution in [0.2, 0.25) is 0 Å². The SMILES string of the molecule is CCCCCCCCCCCC[S+](C)CCCNC(=O)c1ccc([N+](=O)[O-])cc1.[Br-]. The molecule has 0 radical (unpaired) electrons. The first-order chi connectivity index (χ1) is 14.0. The average Bonchev–Trinajstić information content (AvgIpc) is 2.72. The quantitative estimate of drug-likeness (QED) is 0.154. The number of hydrogen-bond donors (Lipinski definition) is 1. The highest BCUT2D eigenvalue weighted by molar-refractivity contribution is 7.96. The number of halogens is 1. The second-order valence-corrected chi connectivity index (χ2v) is 10.2. The van der Waals surface area contributed by atoms with Crippen molar-refractivity contribution in [1.82, 2.24) is 5.32 Å². The lowest BCUT2D eigenvalue weighted by Gasteiger charge is -2.06. The number of unbranched alkanes of at least 4 members (excludes halogenated alkanes) is 9. The minimum atomic E-state index is -0.460. The molecule has 5 nitrogen and oxygen atoms in total. The summed E-state index contributed by atoms with van der Waals surface area (Å²) < 4.78 is 0. The van der Waals surface area contributed by atoms with Gasteiger partial charge in [-0.15, -0.1) is 0 Å². The van der Waals surface area contributed by atoms with Crippen LogP contribution in [0.1, 0.15) is 87.9 Å². The number of rotatable bonds is 17. The summed E-state index contributed by atoms with van der Waals surface area (Å²) in [5.74, 6) is 2.29. The molecule has 0 saturated heterocycles. The van der Waals surface area contributed by atoms with E-state index < -0.39 is 4.92 Å². The third-order valence-electron chi connectivity index (χ3n) is 5.14. The minimum absolute atomic E-state index is 0. The lowest BCUT2D eigenvalue weighted by molar-refractivity contribution is -0.384.